The van der Waals surface area contributed by atoms with E-state index in [9.17, 15) is 38.4 Å². The van der Waals surface area contributed by atoms with E-state index in [1.807, 2.05) is 0 Å². The Bertz CT molecular complexity index is 1830. The number of nitrogens with zero attached hydrogens (tertiary/aromatic N) is 1. The molecule has 1 fully saturated rings. The number of ether oxygens (including phenoxy) is 3. The molecule has 13 heteroatoms. The van der Waals surface area contributed by atoms with Crippen LogP contribution in [-0.4, -0.2) is 82.1 Å². The third kappa shape index (κ3) is 8.08. The summed E-state index contributed by atoms with van der Waals surface area (Å²) in [7, 11) is 0. The first kappa shape index (κ1) is 37.1. The average Bonchev–Trinajstić information content (AvgIpc) is 3.68. The van der Waals surface area contributed by atoms with Crippen LogP contribution in [0.4, 0.5) is 9.59 Å². The number of carbonyl (C=O) groups excluding carboxylic acids is 8. The molecular weight excluding hydrogens is 660 g/mol. The number of fused-ring (bicyclic) bond motifs is 2. The molecule has 2 amide bonds. The first-order chi connectivity index (χ1) is 23.9. The number of hydrogen-bond donors (Lipinski definition) is 1. The monoisotopic (exact) mass is 702 g/mol. The number of likely N-dealkylation sites (tertiary alicyclic amines) is 1. The minimum Gasteiger partial charge on any atom is -0.457 e. The van der Waals surface area contributed by atoms with Crippen LogP contribution in [0.25, 0.3) is 0 Å². The molecule has 1 N–H and O–H groups in total. The van der Waals surface area contributed by atoms with Crippen molar-refractivity contribution in [3.63, 3.8) is 0 Å². The molecule has 5 rings (SSSR count). The summed E-state index contributed by atoms with van der Waals surface area (Å²) in [4.78, 5) is 105. The van der Waals surface area contributed by atoms with Gasteiger partial charge < -0.3 is 19.5 Å². The maximum absolute atomic E-state index is 13.6. The van der Waals surface area contributed by atoms with Crippen LogP contribution < -0.4 is 10.1 Å². The highest BCUT2D eigenvalue weighted by atomic mass is 16.6. The molecule has 270 valence electrons. The molecule has 1 aliphatic heterocycles. The zero-order valence-electron chi connectivity index (χ0n) is 29.6. The van der Waals surface area contributed by atoms with Gasteiger partial charge in [0.05, 0.1) is 6.04 Å². The van der Waals surface area contributed by atoms with E-state index in [4.69, 9.17) is 14.2 Å². The van der Waals surface area contributed by atoms with E-state index >= 15 is 0 Å². The van der Waals surface area contributed by atoms with Gasteiger partial charge in [0.1, 0.15) is 34.5 Å². The van der Waals surface area contributed by atoms with Crippen LogP contribution in [0, 0.1) is 11.8 Å². The van der Waals surface area contributed by atoms with Gasteiger partial charge in [0, 0.05) is 41.8 Å². The fourth-order valence-electron chi connectivity index (χ4n) is 6.43. The summed E-state index contributed by atoms with van der Waals surface area (Å²) in [6.07, 6.45) is 0.342. The number of alkyl carbamates (subject to hydrolysis) is 1. The Morgan fingerprint density at radius 2 is 1.25 bits per heavy atom. The van der Waals surface area contributed by atoms with Gasteiger partial charge in [0.15, 0.2) is 34.7 Å². The molecule has 13 nitrogen and oxygen atoms in total. The van der Waals surface area contributed by atoms with Crippen molar-refractivity contribution >= 4 is 46.9 Å². The number of unbranched alkanes of at least 4 members (excludes halogenated alkanes) is 1. The van der Waals surface area contributed by atoms with E-state index < -0.39 is 76.0 Å². The predicted molar refractivity (Wildman–Crippen MR) is 181 cm³/mol. The quantitative estimate of drug-likeness (QED) is 0.237. The predicted octanol–water partition coefficient (Wildman–Crippen LogP) is 5.70. The van der Waals surface area contributed by atoms with Crippen LogP contribution in [0.5, 0.6) is 11.5 Å². The first-order valence-corrected chi connectivity index (χ1v) is 17.0. The van der Waals surface area contributed by atoms with Crippen LogP contribution in [-0.2, 0) is 19.1 Å². The molecule has 3 aliphatic rings. The van der Waals surface area contributed by atoms with E-state index in [1.165, 1.54) is 41.3 Å². The highest BCUT2D eigenvalue weighted by Crippen LogP contribution is 2.37. The molecule has 2 aliphatic carbocycles. The number of nitrogens with one attached hydrogen (secondary N) is 1. The maximum Gasteiger partial charge on any atom is 0.410 e. The number of benzene rings is 2. The number of rotatable bonds is 10. The van der Waals surface area contributed by atoms with Crippen molar-refractivity contribution in [1.29, 1.82) is 0 Å². The van der Waals surface area contributed by atoms with Gasteiger partial charge in [0.2, 0.25) is 0 Å². The van der Waals surface area contributed by atoms with E-state index in [-0.39, 0.29) is 53.3 Å². The van der Waals surface area contributed by atoms with Crippen molar-refractivity contribution in [2.75, 3.05) is 13.1 Å². The zero-order chi connectivity index (χ0) is 37.4. The third-order valence-corrected chi connectivity index (χ3v) is 8.66. The van der Waals surface area contributed by atoms with Gasteiger partial charge in [-0.05, 0) is 104 Å². The molecule has 51 heavy (non-hydrogen) atoms. The van der Waals surface area contributed by atoms with E-state index in [2.05, 4.69) is 5.32 Å². The molecular formula is C38H42N2O11. The summed E-state index contributed by atoms with van der Waals surface area (Å²) in [5.41, 5.74) is -1.24. The number of Topliss-reactive ketones (excluding diaryl/α,β-unsaturated/α-hetero) is 6. The Labute approximate surface area is 295 Å². The lowest BCUT2D eigenvalue weighted by Gasteiger charge is -2.28. The second-order valence-electron chi connectivity index (χ2n) is 14.9. The number of ketones is 6. The molecule has 3 atom stereocenters. The maximum atomic E-state index is 13.6. The fraction of sp³-hybridized carbons (Fsp3) is 0.474. The summed E-state index contributed by atoms with van der Waals surface area (Å²) in [6, 6.07) is 7.42. The Hall–Kier alpha value is -5.20. The van der Waals surface area contributed by atoms with Crippen LogP contribution in [0.15, 0.2) is 36.4 Å². The van der Waals surface area contributed by atoms with E-state index in [1.54, 1.807) is 41.5 Å². The molecule has 2 unspecified atom stereocenters. The molecule has 2 aromatic rings. The normalized spacial score (nSPS) is 19.9. The zero-order valence-corrected chi connectivity index (χ0v) is 29.6. The van der Waals surface area contributed by atoms with Crippen molar-refractivity contribution in [2.24, 2.45) is 11.8 Å². The standard InChI is InChI=1S/C38H42N2O11/c1-37(2,3)50-35(47)39-16-8-7-11-27(41)28-30(42)22-14-12-20(18-24(22)32(28)44)49-21-13-15-23-25(19-21)33(45)29(31(23)43)34(46)26-10-9-17-40(26)36(48)51-38(4,5)6/h12-15,18-19,26,28-29H,7-11,16-17H2,1-6H3,(H,39,47)/t26-,28?,29?/m0/s1. The fourth-order valence-corrected chi connectivity index (χ4v) is 6.43. The summed E-state index contributed by atoms with van der Waals surface area (Å²) in [6.45, 7) is 10.9. The lowest BCUT2D eigenvalue weighted by Crippen LogP contribution is -2.47. The second-order valence-corrected chi connectivity index (χ2v) is 14.9. The largest absolute Gasteiger partial charge is 0.457 e. The number of hydrogen-bond acceptors (Lipinski definition) is 11. The Morgan fingerprint density at radius 1 is 0.725 bits per heavy atom. The summed E-state index contributed by atoms with van der Waals surface area (Å²) in [5.74, 6) is -6.51. The topological polar surface area (TPSA) is 180 Å². The third-order valence-electron chi connectivity index (χ3n) is 8.66. The number of amides is 2. The van der Waals surface area contributed by atoms with Gasteiger partial charge in [-0.1, -0.05) is 0 Å². The molecule has 1 saturated heterocycles. The van der Waals surface area contributed by atoms with Crippen molar-refractivity contribution in [3.05, 3.63) is 58.7 Å². The smallest absolute Gasteiger partial charge is 0.410 e. The molecule has 0 bridgehead atoms. The van der Waals surface area contributed by atoms with Gasteiger partial charge in [0.25, 0.3) is 0 Å². The molecule has 1 heterocycles. The van der Waals surface area contributed by atoms with Crippen molar-refractivity contribution in [1.82, 2.24) is 10.2 Å². The van der Waals surface area contributed by atoms with E-state index in [0.29, 0.717) is 25.7 Å². The molecule has 0 radical (unpaired) electrons. The minimum atomic E-state index is -1.59. The lowest BCUT2D eigenvalue weighted by molar-refractivity contribution is -0.124. The summed E-state index contributed by atoms with van der Waals surface area (Å²) in [5, 5.41) is 2.60. The van der Waals surface area contributed by atoms with Gasteiger partial charge in [-0.15, -0.1) is 0 Å². The van der Waals surface area contributed by atoms with Gasteiger partial charge >= 0.3 is 12.2 Å². The van der Waals surface area contributed by atoms with Crippen LogP contribution in [0.1, 0.15) is 115 Å². The molecule has 0 aromatic heterocycles. The minimum absolute atomic E-state index is 0.00275. The first-order valence-electron chi connectivity index (χ1n) is 17.0. The highest BCUT2D eigenvalue weighted by Gasteiger charge is 2.49. The van der Waals surface area contributed by atoms with Gasteiger partial charge in [-0.2, -0.15) is 0 Å². The average molecular weight is 703 g/mol. The van der Waals surface area contributed by atoms with Crippen LogP contribution in [0.2, 0.25) is 0 Å². The Kier molecular flexibility index (Phi) is 10.3. The SMILES string of the molecule is CC(C)(C)OC(=O)NCCCCC(=O)C1C(=O)c2ccc(Oc3ccc4c(c3)C(=O)C(C(=O)[C@@H]3CCCN3C(=O)OC(C)(C)C)C4=O)cc2C1=O. The molecule has 0 saturated carbocycles. The Balaban J connectivity index is 1.21. The van der Waals surface area contributed by atoms with Crippen molar-refractivity contribution in [2.45, 2.75) is 90.9 Å². The van der Waals surface area contributed by atoms with Crippen LogP contribution >= 0.6 is 0 Å². The van der Waals surface area contributed by atoms with Gasteiger partial charge in [-0.25, -0.2) is 9.59 Å². The lowest BCUT2D eigenvalue weighted by atomic mass is 9.92. The molecule has 2 aromatic carbocycles. The van der Waals surface area contributed by atoms with E-state index in [0.717, 1.165) is 0 Å². The summed E-state index contributed by atoms with van der Waals surface area (Å²) >= 11 is 0. The number of carbonyl (C=O) groups is 8. The second kappa shape index (κ2) is 14.2. The summed E-state index contributed by atoms with van der Waals surface area (Å²) < 4.78 is 16.5. The van der Waals surface area contributed by atoms with Gasteiger partial charge in [-0.3, -0.25) is 33.7 Å². The Morgan fingerprint density at radius 3 is 1.82 bits per heavy atom. The molecule has 0 spiro atoms. The van der Waals surface area contributed by atoms with Crippen molar-refractivity contribution in [3.8, 4) is 11.5 Å². The van der Waals surface area contributed by atoms with Crippen LogP contribution in [0.3, 0.4) is 0 Å². The highest BCUT2D eigenvalue weighted by molar-refractivity contribution is 6.37. The van der Waals surface area contributed by atoms with Crippen molar-refractivity contribution < 1.29 is 52.6 Å².